The molecule has 2 aromatic heterocycles. The highest BCUT2D eigenvalue weighted by molar-refractivity contribution is 5.75. The molecule has 0 amide bonds. The first kappa shape index (κ1) is 13.6. The van der Waals surface area contributed by atoms with Crippen molar-refractivity contribution in [2.24, 2.45) is 0 Å². The van der Waals surface area contributed by atoms with E-state index in [1.807, 2.05) is 30.5 Å². The van der Waals surface area contributed by atoms with Gasteiger partial charge < -0.3 is 9.13 Å². The van der Waals surface area contributed by atoms with Crippen LogP contribution in [0.25, 0.3) is 11.0 Å². The number of para-hydroxylation sites is 2. The van der Waals surface area contributed by atoms with E-state index in [9.17, 15) is 4.79 Å². The summed E-state index contributed by atoms with van der Waals surface area (Å²) in [5.74, 6) is 1.10. The second-order valence-electron chi connectivity index (χ2n) is 5.15. The number of aryl methyl sites for hydroxylation is 3. The molecule has 0 aliphatic heterocycles. The lowest BCUT2D eigenvalue weighted by Gasteiger charge is -2.10. The second-order valence-corrected chi connectivity index (χ2v) is 5.15. The van der Waals surface area contributed by atoms with E-state index in [1.54, 1.807) is 16.7 Å². The van der Waals surface area contributed by atoms with Gasteiger partial charge in [0.1, 0.15) is 5.82 Å². The Morgan fingerprint density at radius 3 is 2.67 bits per heavy atom. The van der Waals surface area contributed by atoms with Crippen LogP contribution in [0.3, 0.4) is 0 Å². The molecule has 3 rings (SSSR count). The molecule has 4 nitrogen and oxygen atoms in total. The van der Waals surface area contributed by atoms with Crippen molar-refractivity contribution in [3.63, 3.8) is 0 Å². The summed E-state index contributed by atoms with van der Waals surface area (Å²) in [5.41, 5.74) is 2.21. The number of nitrogens with zero attached hydrogens (tertiary/aromatic N) is 3. The number of rotatable bonds is 5. The predicted octanol–water partition coefficient (Wildman–Crippen LogP) is 2.85. The average molecular weight is 281 g/mol. The molecule has 0 aliphatic carbocycles. The molecule has 0 saturated heterocycles. The quantitative estimate of drug-likeness (QED) is 0.721. The zero-order valence-electron chi connectivity index (χ0n) is 12.2. The molecule has 0 aliphatic rings. The Labute approximate surface area is 123 Å². The van der Waals surface area contributed by atoms with Crippen molar-refractivity contribution in [3.8, 4) is 0 Å². The van der Waals surface area contributed by atoms with E-state index in [-0.39, 0.29) is 5.56 Å². The van der Waals surface area contributed by atoms with E-state index in [0.717, 1.165) is 36.2 Å². The maximum absolute atomic E-state index is 11.8. The number of hydrogen-bond donors (Lipinski definition) is 0. The molecule has 0 saturated carbocycles. The third kappa shape index (κ3) is 2.75. The maximum atomic E-state index is 11.8. The Bertz CT molecular complexity index is 801. The van der Waals surface area contributed by atoms with Gasteiger partial charge in [0.2, 0.25) is 0 Å². The SMILES string of the molecule is CCCc1nc2ccccc2n1CCn1ccccc1=O. The first-order chi connectivity index (χ1) is 10.3. The fourth-order valence-corrected chi connectivity index (χ4v) is 2.64. The summed E-state index contributed by atoms with van der Waals surface area (Å²) in [6, 6.07) is 13.4. The molecule has 2 heterocycles. The summed E-state index contributed by atoms with van der Waals surface area (Å²) in [6.45, 7) is 3.59. The van der Waals surface area contributed by atoms with Gasteiger partial charge in [0.15, 0.2) is 0 Å². The second kappa shape index (κ2) is 5.95. The summed E-state index contributed by atoms with van der Waals surface area (Å²) >= 11 is 0. The minimum atomic E-state index is 0.0407. The molecule has 0 unspecified atom stereocenters. The molecule has 0 bridgehead atoms. The highest BCUT2D eigenvalue weighted by atomic mass is 16.1. The summed E-state index contributed by atoms with van der Waals surface area (Å²) in [7, 11) is 0. The molecule has 108 valence electrons. The zero-order chi connectivity index (χ0) is 14.7. The van der Waals surface area contributed by atoms with Crippen LogP contribution >= 0.6 is 0 Å². The van der Waals surface area contributed by atoms with Gasteiger partial charge in [0.05, 0.1) is 11.0 Å². The van der Waals surface area contributed by atoms with Gasteiger partial charge in [-0.05, 0) is 24.6 Å². The zero-order valence-corrected chi connectivity index (χ0v) is 12.2. The normalized spacial score (nSPS) is 11.1. The van der Waals surface area contributed by atoms with Crippen molar-refractivity contribution in [2.45, 2.75) is 32.9 Å². The fourth-order valence-electron chi connectivity index (χ4n) is 2.64. The Kier molecular flexibility index (Phi) is 3.86. The molecule has 0 radical (unpaired) electrons. The van der Waals surface area contributed by atoms with Crippen molar-refractivity contribution in [2.75, 3.05) is 0 Å². The molecule has 3 aromatic rings. The Morgan fingerprint density at radius 2 is 1.86 bits per heavy atom. The van der Waals surface area contributed by atoms with E-state index in [4.69, 9.17) is 4.98 Å². The van der Waals surface area contributed by atoms with Crippen LogP contribution in [-0.4, -0.2) is 14.1 Å². The molecule has 21 heavy (non-hydrogen) atoms. The summed E-state index contributed by atoms with van der Waals surface area (Å²) in [4.78, 5) is 16.5. The maximum Gasteiger partial charge on any atom is 0.250 e. The Morgan fingerprint density at radius 1 is 1.05 bits per heavy atom. The summed E-state index contributed by atoms with van der Waals surface area (Å²) in [5, 5.41) is 0. The van der Waals surface area contributed by atoms with Crippen molar-refractivity contribution < 1.29 is 0 Å². The van der Waals surface area contributed by atoms with Crippen molar-refractivity contribution in [1.29, 1.82) is 0 Å². The number of fused-ring (bicyclic) bond motifs is 1. The average Bonchev–Trinajstić information content (AvgIpc) is 2.84. The lowest BCUT2D eigenvalue weighted by Crippen LogP contribution is -2.21. The highest BCUT2D eigenvalue weighted by Crippen LogP contribution is 2.17. The van der Waals surface area contributed by atoms with Crippen LogP contribution in [0.1, 0.15) is 19.2 Å². The number of benzene rings is 1. The monoisotopic (exact) mass is 281 g/mol. The minimum absolute atomic E-state index is 0.0407. The van der Waals surface area contributed by atoms with E-state index in [2.05, 4.69) is 17.6 Å². The van der Waals surface area contributed by atoms with Crippen LogP contribution in [-0.2, 0) is 19.5 Å². The van der Waals surface area contributed by atoms with Gasteiger partial charge in [-0.1, -0.05) is 25.1 Å². The molecular weight excluding hydrogens is 262 g/mol. The first-order valence-corrected chi connectivity index (χ1v) is 7.39. The van der Waals surface area contributed by atoms with Crippen LogP contribution < -0.4 is 5.56 Å². The van der Waals surface area contributed by atoms with Crippen molar-refractivity contribution in [1.82, 2.24) is 14.1 Å². The van der Waals surface area contributed by atoms with Gasteiger partial charge in [-0.25, -0.2) is 4.98 Å². The first-order valence-electron chi connectivity index (χ1n) is 7.39. The van der Waals surface area contributed by atoms with Crippen LogP contribution in [0.5, 0.6) is 0 Å². The number of imidazole rings is 1. The van der Waals surface area contributed by atoms with Gasteiger partial charge in [-0.2, -0.15) is 0 Å². The summed E-state index contributed by atoms with van der Waals surface area (Å²) < 4.78 is 3.97. The van der Waals surface area contributed by atoms with Gasteiger partial charge >= 0.3 is 0 Å². The smallest absolute Gasteiger partial charge is 0.250 e. The van der Waals surface area contributed by atoms with Crippen LogP contribution in [0.4, 0.5) is 0 Å². The van der Waals surface area contributed by atoms with Crippen molar-refractivity contribution in [3.05, 3.63) is 64.8 Å². The number of aromatic nitrogens is 3. The topological polar surface area (TPSA) is 39.8 Å². The third-order valence-electron chi connectivity index (χ3n) is 3.67. The minimum Gasteiger partial charge on any atom is -0.326 e. The Balaban J connectivity index is 1.94. The molecule has 4 heteroatoms. The van der Waals surface area contributed by atoms with Gasteiger partial charge in [-0.3, -0.25) is 4.79 Å². The van der Waals surface area contributed by atoms with E-state index >= 15 is 0 Å². The Hall–Kier alpha value is -2.36. The lowest BCUT2D eigenvalue weighted by atomic mass is 10.3. The highest BCUT2D eigenvalue weighted by Gasteiger charge is 2.09. The number of hydrogen-bond acceptors (Lipinski definition) is 2. The van der Waals surface area contributed by atoms with Gasteiger partial charge in [0.25, 0.3) is 5.56 Å². The van der Waals surface area contributed by atoms with Gasteiger partial charge in [-0.15, -0.1) is 0 Å². The molecule has 0 N–H and O–H groups in total. The summed E-state index contributed by atoms with van der Waals surface area (Å²) in [6.07, 6.45) is 3.86. The van der Waals surface area contributed by atoms with Gasteiger partial charge in [0, 0.05) is 31.8 Å². The molecular formula is C17H19N3O. The van der Waals surface area contributed by atoms with E-state index in [1.165, 1.54) is 0 Å². The molecule has 0 atom stereocenters. The fraction of sp³-hybridized carbons (Fsp3) is 0.294. The third-order valence-corrected chi connectivity index (χ3v) is 3.67. The molecule has 0 spiro atoms. The van der Waals surface area contributed by atoms with E-state index < -0.39 is 0 Å². The van der Waals surface area contributed by atoms with Crippen LogP contribution in [0, 0.1) is 0 Å². The number of pyridine rings is 1. The van der Waals surface area contributed by atoms with Crippen LogP contribution in [0.15, 0.2) is 53.5 Å². The lowest BCUT2D eigenvalue weighted by molar-refractivity contribution is 0.555. The molecule has 1 aromatic carbocycles. The van der Waals surface area contributed by atoms with E-state index in [0.29, 0.717) is 6.54 Å². The molecule has 0 fully saturated rings. The predicted molar refractivity (Wildman–Crippen MR) is 84.4 cm³/mol. The van der Waals surface area contributed by atoms with Crippen molar-refractivity contribution >= 4 is 11.0 Å². The standard InChI is InChI=1S/C17H19N3O/c1-2-7-16-18-14-8-3-4-9-15(14)20(16)13-12-19-11-6-5-10-17(19)21/h3-6,8-11H,2,7,12-13H2,1H3. The van der Waals surface area contributed by atoms with Crippen LogP contribution in [0.2, 0.25) is 0 Å². The largest absolute Gasteiger partial charge is 0.326 e.